The van der Waals surface area contributed by atoms with Crippen LogP contribution < -0.4 is 10.6 Å². The average Bonchev–Trinajstić information content (AvgIpc) is 3.09. The lowest BCUT2D eigenvalue weighted by molar-refractivity contribution is 0.0592. The molecule has 10 heteroatoms. The van der Waals surface area contributed by atoms with E-state index in [1.807, 2.05) is 74.5 Å². The van der Waals surface area contributed by atoms with E-state index in [2.05, 4.69) is 31.4 Å². The first-order chi connectivity index (χ1) is 25.6. The molecule has 0 unspecified atom stereocenters. The molecule has 1 fully saturated rings. The number of benzene rings is 4. The lowest BCUT2D eigenvalue weighted by atomic mass is 9.62. The Morgan fingerprint density at radius 2 is 1.17 bits per heavy atom. The lowest BCUT2D eigenvalue weighted by Crippen LogP contribution is -2.50. The summed E-state index contributed by atoms with van der Waals surface area (Å²) in [4.78, 5) is 38.5. The van der Waals surface area contributed by atoms with Crippen LogP contribution in [-0.4, -0.2) is 34.4 Å². The number of aromatic nitrogens is 2. The van der Waals surface area contributed by atoms with Crippen LogP contribution in [0.25, 0.3) is 44.3 Å². The second kappa shape index (κ2) is 14.8. The summed E-state index contributed by atoms with van der Waals surface area (Å²) >= 11 is 25.7. The number of carbonyl (C=O) groups excluding carboxylic acids is 2. The number of nitrogens with zero attached hydrogens (tertiary/aromatic N) is 2. The van der Waals surface area contributed by atoms with Gasteiger partial charge in [-0.05, 0) is 104 Å². The molecule has 1 saturated carbocycles. The predicted molar refractivity (Wildman–Crippen MR) is 223 cm³/mol. The molecule has 4 aromatic carbocycles. The van der Waals surface area contributed by atoms with E-state index >= 15 is 0 Å². The number of nitrogens with one attached hydrogen (secondary N) is 2. The van der Waals surface area contributed by atoms with Gasteiger partial charge in [0.1, 0.15) is 0 Å². The fourth-order valence-electron chi connectivity index (χ4n) is 8.60. The van der Waals surface area contributed by atoms with E-state index in [1.165, 1.54) is 0 Å². The van der Waals surface area contributed by atoms with Gasteiger partial charge in [-0.1, -0.05) is 104 Å². The van der Waals surface area contributed by atoms with Gasteiger partial charge in [-0.3, -0.25) is 9.59 Å². The highest BCUT2D eigenvalue weighted by Gasteiger charge is 2.42. The highest BCUT2D eigenvalue weighted by Crippen LogP contribution is 2.46. The topological polar surface area (TPSA) is 84.0 Å². The van der Waals surface area contributed by atoms with Gasteiger partial charge in [0.05, 0.1) is 43.6 Å². The molecule has 2 heterocycles. The van der Waals surface area contributed by atoms with Crippen LogP contribution >= 0.6 is 46.4 Å². The number of fused-ring (bicyclic) bond motifs is 2. The van der Waals surface area contributed by atoms with E-state index in [1.54, 1.807) is 24.3 Å². The first-order valence-corrected chi connectivity index (χ1v) is 19.4. The Morgan fingerprint density at radius 3 is 1.67 bits per heavy atom. The summed E-state index contributed by atoms with van der Waals surface area (Å²) in [5.74, 6) is -0.353. The number of halogens is 4. The largest absolute Gasteiger partial charge is 0.351 e. The van der Waals surface area contributed by atoms with Gasteiger partial charge in [0.2, 0.25) is 0 Å². The van der Waals surface area contributed by atoms with Gasteiger partial charge in [-0.15, -0.1) is 0 Å². The van der Waals surface area contributed by atoms with Crippen molar-refractivity contribution in [2.24, 2.45) is 10.8 Å². The number of hydrogen-bond donors (Lipinski definition) is 2. The summed E-state index contributed by atoms with van der Waals surface area (Å²) in [7, 11) is 0. The number of para-hydroxylation sites is 2. The van der Waals surface area contributed by atoms with E-state index < -0.39 is 0 Å². The molecule has 7 rings (SSSR count). The quantitative estimate of drug-likeness (QED) is 0.168. The maximum atomic E-state index is 14.4. The molecule has 0 aliphatic heterocycles. The van der Waals surface area contributed by atoms with Crippen molar-refractivity contribution in [1.29, 1.82) is 0 Å². The zero-order chi connectivity index (χ0) is 38.5. The van der Waals surface area contributed by atoms with Crippen molar-refractivity contribution in [2.75, 3.05) is 6.54 Å². The Balaban J connectivity index is 1.17. The van der Waals surface area contributed by atoms with Crippen LogP contribution in [0, 0.1) is 24.7 Å². The Hall–Kier alpha value is -4.20. The fourth-order valence-corrected chi connectivity index (χ4v) is 9.59. The molecule has 2 atom stereocenters. The zero-order valence-corrected chi connectivity index (χ0v) is 33.7. The zero-order valence-electron chi connectivity index (χ0n) is 30.7. The Morgan fingerprint density at radius 1 is 0.685 bits per heavy atom. The monoisotopic (exact) mass is 796 g/mol. The number of hydrogen-bond acceptors (Lipinski definition) is 4. The van der Waals surface area contributed by atoms with Crippen molar-refractivity contribution in [3.05, 3.63) is 127 Å². The van der Waals surface area contributed by atoms with Crippen molar-refractivity contribution < 1.29 is 9.59 Å². The third-order valence-corrected chi connectivity index (χ3v) is 11.6. The molecular weight excluding hydrogens is 758 g/mol. The molecule has 6 aromatic rings. The van der Waals surface area contributed by atoms with Crippen LogP contribution in [0.1, 0.15) is 71.9 Å². The summed E-state index contributed by atoms with van der Waals surface area (Å²) in [5, 5.41) is 10.2. The van der Waals surface area contributed by atoms with E-state index in [4.69, 9.17) is 56.4 Å². The highest BCUT2D eigenvalue weighted by atomic mass is 35.5. The molecule has 0 bridgehead atoms. The van der Waals surface area contributed by atoms with E-state index in [0.29, 0.717) is 77.7 Å². The summed E-state index contributed by atoms with van der Waals surface area (Å²) in [6.45, 7) is 10.9. The number of carbonyl (C=O) groups is 2. The van der Waals surface area contributed by atoms with Gasteiger partial charge in [0.15, 0.2) is 0 Å². The molecular formula is C44H40Cl4N4O2. The minimum atomic E-state index is -0.314. The average molecular weight is 799 g/mol. The molecule has 2 aromatic heterocycles. The first kappa shape index (κ1) is 38.1. The third kappa shape index (κ3) is 7.54. The summed E-state index contributed by atoms with van der Waals surface area (Å²) < 4.78 is 0. The standard InChI is InChI=1S/C44H40Cl4N4O2/c1-24-37(31-10-6-8-12-35(31)51-39(24)29-16-14-26(45)18-33(29)47)41(53)49-23-44(5)21-28(20-43(3,4)22-44)50-42(54)38-25(2)40(30-17-15-27(46)19-34(30)48)52-36-13-9-7-11-32(36)38/h6-19,28H,20-23H2,1-5H3,(H,49,53)(H,50,54)/t28-,44+/m1/s1. The van der Waals surface area contributed by atoms with Crippen LogP contribution in [0.5, 0.6) is 0 Å². The molecule has 54 heavy (non-hydrogen) atoms. The summed E-state index contributed by atoms with van der Waals surface area (Å²) in [6.07, 6.45) is 2.34. The number of rotatable bonds is 7. The van der Waals surface area contributed by atoms with Gasteiger partial charge in [0.25, 0.3) is 11.8 Å². The molecule has 0 saturated heterocycles. The number of pyridine rings is 2. The van der Waals surface area contributed by atoms with Crippen LogP contribution in [-0.2, 0) is 0 Å². The Labute approximate surface area is 335 Å². The summed E-state index contributed by atoms with van der Waals surface area (Å²) in [6, 6.07) is 25.7. The van der Waals surface area contributed by atoms with Crippen molar-refractivity contribution in [1.82, 2.24) is 20.6 Å². The van der Waals surface area contributed by atoms with Gasteiger partial charge in [-0.25, -0.2) is 9.97 Å². The van der Waals surface area contributed by atoms with Crippen LogP contribution in [0.15, 0.2) is 84.9 Å². The van der Waals surface area contributed by atoms with E-state index in [-0.39, 0.29) is 28.7 Å². The van der Waals surface area contributed by atoms with Crippen LogP contribution in [0.4, 0.5) is 0 Å². The van der Waals surface area contributed by atoms with Crippen molar-refractivity contribution in [2.45, 2.75) is 59.9 Å². The smallest absolute Gasteiger partial charge is 0.252 e. The molecule has 0 radical (unpaired) electrons. The predicted octanol–water partition coefficient (Wildman–Crippen LogP) is 12.1. The molecule has 1 aliphatic carbocycles. The maximum Gasteiger partial charge on any atom is 0.252 e. The number of amides is 2. The molecule has 276 valence electrons. The van der Waals surface area contributed by atoms with E-state index in [9.17, 15) is 9.59 Å². The highest BCUT2D eigenvalue weighted by molar-refractivity contribution is 6.37. The fraction of sp³-hybridized carbons (Fsp3) is 0.273. The van der Waals surface area contributed by atoms with Crippen molar-refractivity contribution in [3.63, 3.8) is 0 Å². The second-order valence-corrected chi connectivity index (χ2v) is 17.3. The third-order valence-electron chi connectivity index (χ3n) is 10.6. The minimum Gasteiger partial charge on any atom is -0.351 e. The SMILES string of the molecule is Cc1c(-c2ccc(Cl)cc2Cl)nc2ccccc2c1C(=O)NC[C@@]1(C)C[C@H](NC(=O)c2c(C)c(-c3ccc(Cl)cc3Cl)nc3ccccc23)CC(C)(C)C1. The Bertz CT molecular complexity index is 2480. The van der Waals surface area contributed by atoms with Gasteiger partial charge in [-0.2, -0.15) is 0 Å². The van der Waals surface area contributed by atoms with Crippen LogP contribution in [0.2, 0.25) is 20.1 Å². The van der Waals surface area contributed by atoms with Gasteiger partial charge < -0.3 is 10.6 Å². The second-order valence-electron chi connectivity index (χ2n) is 15.6. The molecule has 6 nitrogen and oxygen atoms in total. The van der Waals surface area contributed by atoms with Crippen LogP contribution in [0.3, 0.4) is 0 Å². The Kier molecular flexibility index (Phi) is 10.4. The minimum absolute atomic E-state index is 0.106. The molecule has 0 spiro atoms. The lowest BCUT2D eigenvalue weighted by Gasteiger charge is -2.47. The van der Waals surface area contributed by atoms with E-state index in [0.717, 1.165) is 34.7 Å². The van der Waals surface area contributed by atoms with Gasteiger partial charge >= 0.3 is 0 Å². The maximum absolute atomic E-state index is 14.4. The summed E-state index contributed by atoms with van der Waals surface area (Å²) in [5.41, 5.74) is 6.25. The molecule has 1 aliphatic rings. The van der Waals surface area contributed by atoms with Crippen molar-refractivity contribution in [3.8, 4) is 22.5 Å². The normalized spacial score (nSPS) is 18.1. The first-order valence-electron chi connectivity index (χ1n) is 17.9. The van der Waals surface area contributed by atoms with Gasteiger partial charge in [0, 0.05) is 44.5 Å². The molecule has 2 amide bonds. The van der Waals surface area contributed by atoms with Crippen molar-refractivity contribution >= 4 is 80.0 Å². The molecule has 2 N–H and O–H groups in total.